The van der Waals surface area contributed by atoms with Gasteiger partial charge in [-0.15, -0.1) is 21.5 Å². The number of carbonyl (C=O) groups is 1. The molecule has 0 fully saturated rings. The highest BCUT2D eigenvalue weighted by Crippen LogP contribution is 2.39. The number of hydrogen-bond donors (Lipinski definition) is 1. The first-order valence-electron chi connectivity index (χ1n) is 9.81. The Kier molecular flexibility index (Phi) is 5.29. The Morgan fingerprint density at radius 1 is 1.35 bits per heavy atom. The summed E-state index contributed by atoms with van der Waals surface area (Å²) in [5, 5.41) is 21.4. The number of thiophene rings is 1. The van der Waals surface area contributed by atoms with Crippen molar-refractivity contribution in [2.75, 3.05) is 17.9 Å². The van der Waals surface area contributed by atoms with Crippen LogP contribution >= 0.6 is 23.1 Å². The molecule has 1 N–H and O–H groups in total. The summed E-state index contributed by atoms with van der Waals surface area (Å²) in [6.07, 6.45) is 2.93. The summed E-state index contributed by atoms with van der Waals surface area (Å²) in [5.41, 5.74) is 2.41. The minimum absolute atomic E-state index is 0.104. The molecule has 2 aromatic heterocycles. The van der Waals surface area contributed by atoms with Gasteiger partial charge in [0.2, 0.25) is 18.6 Å². The van der Waals surface area contributed by atoms with Gasteiger partial charge in [-0.25, -0.2) is 0 Å². The number of ether oxygens (including phenoxy) is 2. The fraction of sp³-hybridized carbons (Fsp3) is 0.333. The predicted molar refractivity (Wildman–Crippen MR) is 115 cm³/mol. The lowest BCUT2D eigenvalue weighted by Crippen LogP contribution is -2.14. The molecule has 1 aromatic carbocycles. The van der Waals surface area contributed by atoms with Crippen molar-refractivity contribution in [3.8, 4) is 29.0 Å². The molecule has 3 heterocycles. The van der Waals surface area contributed by atoms with Crippen molar-refractivity contribution in [3.63, 3.8) is 0 Å². The van der Waals surface area contributed by atoms with Crippen LogP contribution in [0.4, 0.5) is 5.00 Å². The van der Waals surface area contributed by atoms with Gasteiger partial charge in [0, 0.05) is 10.4 Å². The van der Waals surface area contributed by atoms with Gasteiger partial charge < -0.3 is 19.2 Å². The van der Waals surface area contributed by atoms with Crippen molar-refractivity contribution in [1.29, 1.82) is 5.26 Å². The number of nitriles is 1. The lowest BCUT2D eigenvalue weighted by molar-refractivity contribution is -0.113. The van der Waals surface area contributed by atoms with Gasteiger partial charge in [0.1, 0.15) is 11.1 Å². The fourth-order valence-corrected chi connectivity index (χ4v) is 5.60. The number of benzene rings is 1. The number of rotatable bonds is 5. The summed E-state index contributed by atoms with van der Waals surface area (Å²) in [7, 11) is 0. The van der Waals surface area contributed by atoms with Gasteiger partial charge in [0.25, 0.3) is 5.22 Å². The molecule has 1 unspecified atom stereocenters. The maximum atomic E-state index is 12.5. The van der Waals surface area contributed by atoms with Crippen molar-refractivity contribution < 1.29 is 18.7 Å². The Bertz CT molecular complexity index is 1200. The van der Waals surface area contributed by atoms with E-state index >= 15 is 0 Å². The lowest BCUT2D eigenvalue weighted by Gasteiger charge is -2.17. The highest BCUT2D eigenvalue weighted by atomic mass is 32.2. The van der Waals surface area contributed by atoms with E-state index in [1.54, 1.807) is 12.1 Å². The molecule has 8 nitrogen and oxygen atoms in total. The van der Waals surface area contributed by atoms with Crippen LogP contribution in [-0.2, 0) is 17.6 Å². The molecule has 0 bridgehead atoms. The molecule has 0 saturated heterocycles. The molecule has 158 valence electrons. The molecule has 1 aliphatic carbocycles. The van der Waals surface area contributed by atoms with E-state index in [1.807, 2.05) is 6.07 Å². The Morgan fingerprint density at radius 2 is 2.23 bits per heavy atom. The summed E-state index contributed by atoms with van der Waals surface area (Å²) < 4.78 is 16.3. The molecule has 5 rings (SSSR count). The zero-order chi connectivity index (χ0) is 21.4. The Balaban J connectivity index is 1.23. The number of hydrogen-bond acceptors (Lipinski definition) is 9. The second kappa shape index (κ2) is 8.24. The highest BCUT2D eigenvalue weighted by molar-refractivity contribution is 7.99. The normalized spacial score (nSPS) is 16.6. The zero-order valence-electron chi connectivity index (χ0n) is 16.6. The third kappa shape index (κ3) is 3.98. The van der Waals surface area contributed by atoms with Gasteiger partial charge in [-0.2, -0.15) is 5.26 Å². The van der Waals surface area contributed by atoms with Crippen LogP contribution < -0.4 is 14.8 Å². The van der Waals surface area contributed by atoms with Crippen molar-refractivity contribution in [2.45, 2.75) is 31.4 Å². The number of aromatic nitrogens is 2. The van der Waals surface area contributed by atoms with Gasteiger partial charge in [-0.1, -0.05) is 18.7 Å². The standard InChI is InChI=1S/C21H18N4O4S2/c1-11-2-4-13-14(8-22)20(31-17(13)6-11)23-18(26)9-30-21-25-24-19(29-21)12-3-5-15-16(7-12)28-10-27-15/h3,5,7,11H,2,4,6,9-10H2,1H3,(H,23,26). The monoisotopic (exact) mass is 454 g/mol. The second-order valence-electron chi connectivity index (χ2n) is 7.45. The first-order valence-corrected chi connectivity index (χ1v) is 11.6. The summed E-state index contributed by atoms with van der Waals surface area (Å²) in [4.78, 5) is 13.7. The molecule has 31 heavy (non-hydrogen) atoms. The van der Waals surface area contributed by atoms with Crippen LogP contribution in [0, 0.1) is 17.2 Å². The van der Waals surface area contributed by atoms with Gasteiger partial charge >= 0.3 is 0 Å². The van der Waals surface area contributed by atoms with E-state index in [9.17, 15) is 10.1 Å². The lowest BCUT2D eigenvalue weighted by atomic mass is 9.89. The summed E-state index contributed by atoms with van der Waals surface area (Å²) in [5.74, 6) is 2.14. The number of nitrogens with zero attached hydrogens (tertiary/aromatic N) is 3. The van der Waals surface area contributed by atoms with E-state index in [0.717, 1.165) is 36.6 Å². The van der Waals surface area contributed by atoms with Crippen molar-refractivity contribution in [3.05, 3.63) is 34.2 Å². The van der Waals surface area contributed by atoms with Gasteiger partial charge in [-0.05, 0) is 48.9 Å². The molecule has 2 aliphatic rings. The van der Waals surface area contributed by atoms with Gasteiger partial charge in [0.15, 0.2) is 11.5 Å². The number of fused-ring (bicyclic) bond motifs is 2. The fourth-order valence-electron chi connectivity index (χ4n) is 3.66. The average molecular weight is 455 g/mol. The summed E-state index contributed by atoms with van der Waals surface area (Å²) >= 11 is 2.67. The minimum Gasteiger partial charge on any atom is -0.454 e. The minimum atomic E-state index is -0.212. The molecular weight excluding hydrogens is 436 g/mol. The largest absolute Gasteiger partial charge is 0.454 e. The Hall–Kier alpha value is -3.03. The second-order valence-corrected chi connectivity index (χ2v) is 9.48. The zero-order valence-corrected chi connectivity index (χ0v) is 18.3. The van der Waals surface area contributed by atoms with Crippen molar-refractivity contribution >= 4 is 34.0 Å². The molecule has 1 amide bonds. The molecule has 3 aromatic rings. The molecule has 10 heteroatoms. The van der Waals surface area contributed by atoms with E-state index in [1.165, 1.54) is 16.2 Å². The number of carbonyl (C=O) groups excluding carboxylic acids is 1. The van der Waals surface area contributed by atoms with Gasteiger partial charge in [0.05, 0.1) is 11.3 Å². The molecule has 0 spiro atoms. The highest BCUT2D eigenvalue weighted by Gasteiger charge is 2.25. The van der Waals surface area contributed by atoms with E-state index in [0.29, 0.717) is 44.7 Å². The van der Waals surface area contributed by atoms with E-state index < -0.39 is 0 Å². The van der Waals surface area contributed by atoms with Crippen molar-refractivity contribution in [2.24, 2.45) is 5.92 Å². The predicted octanol–water partition coefficient (Wildman–Crippen LogP) is 4.25. The molecular formula is C21H18N4O4S2. The van der Waals surface area contributed by atoms with Crippen molar-refractivity contribution in [1.82, 2.24) is 10.2 Å². The first kappa shape index (κ1) is 19.9. The quantitative estimate of drug-likeness (QED) is 0.570. The number of nitrogens with one attached hydrogen (secondary N) is 1. The van der Waals surface area contributed by atoms with Crippen LogP contribution in [0.15, 0.2) is 27.8 Å². The first-order chi connectivity index (χ1) is 15.1. The van der Waals surface area contributed by atoms with Crippen LogP contribution in [-0.4, -0.2) is 28.7 Å². The number of amides is 1. The van der Waals surface area contributed by atoms with Crippen LogP contribution in [0.5, 0.6) is 11.5 Å². The van der Waals surface area contributed by atoms with E-state index in [-0.39, 0.29) is 18.5 Å². The average Bonchev–Trinajstić information content (AvgIpc) is 3.49. The van der Waals surface area contributed by atoms with Crippen LogP contribution in [0.2, 0.25) is 0 Å². The van der Waals surface area contributed by atoms with E-state index in [2.05, 4.69) is 28.5 Å². The smallest absolute Gasteiger partial charge is 0.277 e. The third-order valence-corrected chi connectivity index (χ3v) is 7.22. The molecule has 1 atom stereocenters. The van der Waals surface area contributed by atoms with Crippen LogP contribution in [0.3, 0.4) is 0 Å². The summed E-state index contributed by atoms with van der Waals surface area (Å²) in [6, 6.07) is 7.64. The van der Waals surface area contributed by atoms with Gasteiger partial charge in [-0.3, -0.25) is 4.79 Å². The van der Waals surface area contributed by atoms with Crippen LogP contribution in [0.25, 0.3) is 11.5 Å². The topological polar surface area (TPSA) is 110 Å². The Labute approximate surface area is 186 Å². The molecule has 1 aliphatic heterocycles. The SMILES string of the molecule is CC1CCc2c(sc(NC(=O)CSc3nnc(-c4ccc5c(c4)OCO5)o3)c2C#N)C1. The number of anilines is 1. The maximum absolute atomic E-state index is 12.5. The molecule has 0 saturated carbocycles. The molecule has 0 radical (unpaired) electrons. The third-order valence-electron chi connectivity index (χ3n) is 5.23. The number of thioether (sulfide) groups is 1. The summed E-state index contributed by atoms with van der Waals surface area (Å²) in [6.45, 7) is 2.41. The van der Waals surface area contributed by atoms with E-state index in [4.69, 9.17) is 13.9 Å². The van der Waals surface area contributed by atoms with Crippen LogP contribution in [0.1, 0.15) is 29.3 Å². The maximum Gasteiger partial charge on any atom is 0.277 e. The Morgan fingerprint density at radius 3 is 3.10 bits per heavy atom.